The fourth-order valence-corrected chi connectivity index (χ4v) is 5.69. The number of benzene rings is 2. The Balaban J connectivity index is 2.09. The molecule has 0 fully saturated rings. The van der Waals surface area contributed by atoms with Crippen LogP contribution in [0, 0.1) is 11.8 Å². The van der Waals surface area contributed by atoms with Crippen molar-refractivity contribution < 1.29 is 53.1 Å². The highest BCUT2D eigenvalue weighted by molar-refractivity contribution is 6.01. The van der Waals surface area contributed by atoms with E-state index in [0.29, 0.717) is 11.6 Å². The van der Waals surface area contributed by atoms with Crippen LogP contribution in [0.2, 0.25) is 0 Å². The maximum atomic E-state index is 13.8. The van der Waals surface area contributed by atoms with Gasteiger partial charge in [0.2, 0.25) is 53.2 Å². The number of hydrogen-bond acceptors (Lipinski definition) is 10. The van der Waals surface area contributed by atoms with E-state index in [0.717, 1.165) is 6.08 Å². The monoisotopic (exact) mass is 849 g/mol. The van der Waals surface area contributed by atoms with Crippen molar-refractivity contribution in [2.75, 3.05) is 6.54 Å². The number of carbonyl (C=O) groups excluding carboxylic acids is 9. The summed E-state index contributed by atoms with van der Waals surface area (Å²) in [6, 6.07) is 8.65. The highest BCUT2D eigenvalue weighted by Crippen LogP contribution is 2.16. The fraction of sp³-hybridized carbons (Fsp3) is 0.415. The predicted octanol–water partition coefficient (Wildman–Crippen LogP) is -1.65. The minimum absolute atomic E-state index is 0.00261. The Hall–Kier alpha value is -7.12. The van der Waals surface area contributed by atoms with E-state index in [2.05, 4.69) is 37.2 Å². The van der Waals surface area contributed by atoms with Crippen LogP contribution in [0.3, 0.4) is 0 Å². The van der Waals surface area contributed by atoms with E-state index in [1.54, 1.807) is 62.4 Å². The summed E-state index contributed by atoms with van der Waals surface area (Å²) >= 11 is 0. The summed E-state index contributed by atoms with van der Waals surface area (Å²) in [5, 5.41) is 26.3. The number of carboxylic acid groups (broad SMARTS) is 1. The van der Waals surface area contributed by atoms with Gasteiger partial charge in [0.15, 0.2) is 0 Å². The molecule has 2 rings (SSSR count). The summed E-state index contributed by atoms with van der Waals surface area (Å²) in [6.07, 6.45) is 0.854. The average Bonchev–Trinajstić information content (AvgIpc) is 3.19. The molecule has 12 N–H and O–H groups in total. The van der Waals surface area contributed by atoms with Gasteiger partial charge in [-0.15, -0.1) is 0 Å². The van der Waals surface area contributed by atoms with Crippen LogP contribution < -0.4 is 48.7 Å². The molecule has 0 bridgehead atoms. The summed E-state index contributed by atoms with van der Waals surface area (Å²) in [5.41, 5.74) is 11.8. The lowest BCUT2D eigenvalue weighted by Gasteiger charge is -2.27. The van der Waals surface area contributed by atoms with Gasteiger partial charge in [0.1, 0.15) is 36.3 Å². The van der Waals surface area contributed by atoms with Crippen LogP contribution in [0.25, 0.3) is 0 Å². The van der Waals surface area contributed by atoms with E-state index in [9.17, 15) is 53.1 Å². The molecule has 2 aromatic carbocycles. The third-order valence-corrected chi connectivity index (χ3v) is 8.81. The van der Waals surface area contributed by atoms with Gasteiger partial charge in [0.05, 0.1) is 13.0 Å². The third kappa shape index (κ3) is 18.1. The van der Waals surface area contributed by atoms with Crippen LogP contribution in [0.1, 0.15) is 64.6 Å². The van der Waals surface area contributed by atoms with Gasteiger partial charge in [-0.05, 0) is 36.3 Å². The number of amides is 9. The van der Waals surface area contributed by atoms with Gasteiger partial charge >= 0.3 is 5.97 Å². The molecule has 0 aliphatic carbocycles. The largest absolute Gasteiger partial charge is 0.480 e. The average molecular weight is 850 g/mol. The number of primary amides is 2. The second-order valence-corrected chi connectivity index (χ2v) is 14.8. The Morgan fingerprint density at radius 1 is 0.623 bits per heavy atom. The lowest BCUT2D eigenvalue weighted by atomic mass is 9.99. The molecule has 20 heteroatoms. The Morgan fingerprint density at radius 3 is 1.70 bits per heavy atom. The van der Waals surface area contributed by atoms with E-state index in [1.165, 1.54) is 19.1 Å². The fourth-order valence-electron chi connectivity index (χ4n) is 5.69. The number of aliphatic carboxylic acids is 1. The first-order valence-electron chi connectivity index (χ1n) is 19.3. The standard InChI is InChI=1S/C41H55N9O11/c1-22(2)18-27(38(57)49-34(23(3)4)36(43)55)48-40(59)35(26-14-10-7-11-15-26)50-39(58)28(20-30(42)51)46-32(53)17-16-31(52)45-24(5)37(56)44-21-33(54)47-29(41(60)61)19-25-12-8-6-9-13-25/h6-17,22-24,27-29,34-35H,18-21H2,1-5H3,(H2,42,51)(H2,43,55)(H,44,56)(H,45,52)(H,46,53)(H,47,54)(H,48,59)(H,49,57)(H,50,58)(H,60,61)/b17-16+/t24-,27-,28-,29-,34-,35-/m0/s1. The first-order chi connectivity index (χ1) is 28.7. The molecule has 0 radical (unpaired) electrons. The maximum absolute atomic E-state index is 13.8. The van der Waals surface area contributed by atoms with Gasteiger partial charge in [-0.1, -0.05) is 88.4 Å². The van der Waals surface area contributed by atoms with E-state index in [4.69, 9.17) is 11.5 Å². The molecule has 0 aliphatic heterocycles. The van der Waals surface area contributed by atoms with E-state index in [1.807, 2.05) is 13.8 Å². The second-order valence-electron chi connectivity index (χ2n) is 14.8. The summed E-state index contributed by atoms with van der Waals surface area (Å²) in [5.74, 6) is -9.67. The molecule has 0 saturated carbocycles. The molecule has 61 heavy (non-hydrogen) atoms. The van der Waals surface area contributed by atoms with E-state index in [-0.39, 0.29) is 30.2 Å². The normalized spacial score (nSPS) is 14.0. The number of hydrogen-bond donors (Lipinski definition) is 10. The molecule has 0 heterocycles. The molecular formula is C41H55N9O11. The van der Waals surface area contributed by atoms with Crippen LogP contribution in [0.4, 0.5) is 0 Å². The smallest absolute Gasteiger partial charge is 0.326 e. The molecule has 330 valence electrons. The molecule has 0 unspecified atom stereocenters. The zero-order valence-corrected chi connectivity index (χ0v) is 34.6. The molecular weight excluding hydrogens is 795 g/mol. The van der Waals surface area contributed by atoms with Crippen molar-refractivity contribution in [3.8, 4) is 0 Å². The van der Waals surface area contributed by atoms with Crippen LogP contribution in [0.15, 0.2) is 72.8 Å². The van der Waals surface area contributed by atoms with Crippen LogP contribution >= 0.6 is 0 Å². The summed E-state index contributed by atoms with van der Waals surface area (Å²) in [7, 11) is 0. The Labute approximate surface area is 352 Å². The van der Waals surface area contributed by atoms with Crippen molar-refractivity contribution in [3.05, 3.63) is 83.9 Å². The minimum atomic E-state index is -1.65. The Kier molecular flexibility index (Phi) is 20.3. The zero-order valence-electron chi connectivity index (χ0n) is 34.6. The van der Waals surface area contributed by atoms with Crippen molar-refractivity contribution in [3.63, 3.8) is 0 Å². The highest BCUT2D eigenvalue weighted by Gasteiger charge is 2.33. The van der Waals surface area contributed by atoms with Crippen LogP contribution in [-0.2, 0) is 54.4 Å². The van der Waals surface area contributed by atoms with Gasteiger partial charge < -0.3 is 53.8 Å². The third-order valence-electron chi connectivity index (χ3n) is 8.81. The molecule has 0 aliphatic rings. The van der Waals surface area contributed by atoms with Gasteiger partial charge in [-0.25, -0.2) is 4.79 Å². The summed E-state index contributed by atoms with van der Waals surface area (Å²) in [4.78, 5) is 127. The lowest BCUT2D eigenvalue weighted by molar-refractivity contribution is -0.141. The van der Waals surface area contributed by atoms with Gasteiger partial charge in [-0.3, -0.25) is 43.2 Å². The van der Waals surface area contributed by atoms with Gasteiger partial charge in [0, 0.05) is 18.6 Å². The van der Waals surface area contributed by atoms with Crippen LogP contribution in [-0.4, -0.2) is 101 Å². The molecule has 20 nitrogen and oxygen atoms in total. The summed E-state index contributed by atoms with van der Waals surface area (Å²) in [6.45, 7) is 7.66. The van der Waals surface area contributed by atoms with Crippen LogP contribution in [0.5, 0.6) is 0 Å². The molecule has 9 amide bonds. The molecule has 0 spiro atoms. The summed E-state index contributed by atoms with van der Waals surface area (Å²) < 4.78 is 0. The number of carboxylic acids is 1. The van der Waals surface area contributed by atoms with Crippen molar-refractivity contribution in [2.45, 2.75) is 90.1 Å². The van der Waals surface area contributed by atoms with Gasteiger partial charge in [0.25, 0.3) is 0 Å². The highest BCUT2D eigenvalue weighted by atomic mass is 16.4. The van der Waals surface area contributed by atoms with Crippen molar-refractivity contribution in [2.24, 2.45) is 23.3 Å². The van der Waals surface area contributed by atoms with Crippen molar-refractivity contribution >= 4 is 59.1 Å². The molecule has 0 saturated heterocycles. The quantitative estimate of drug-likeness (QED) is 0.0534. The van der Waals surface area contributed by atoms with Gasteiger partial charge in [-0.2, -0.15) is 0 Å². The number of rotatable bonds is 24. The number of nitrogens with two attached hydrogens (primary N) is 2. The minimum Gasteiger partial charge on any atom is -0.480 e. The first kappa shape index (κ1) is 50.0. The lowest BCUT2D eigenvalue weighted by Crippen LogP contribution is -2.57. The number of carbonyl (C=O) groups is 10. The zero-order chi connectivity index (χ0) is 45.8. The topological polar surface area (TPSA) is 327 Å². The first-order valence-corrected chi connectivity index (χ1v) is 19.3. The molecule has 2 aromatic rings. The number of nitrogens with one attached hydrogen (secondary N) is 7. The second kappa shape index (κ2) is 24.7. The molecule has 6 atom stereocenters. The Morgan fingerprint density at radius 2 is 1.18 bits per heavy atom. The van der Waals surface area contributed by atoms with Crippen molar-refractivity contribution in [1.29, 1.82) is 0 Å². The van der Waals surface area contributed by atoms with Crippen molar-refractivity contribution in [1.82, 2.24) is 37.2 Å². The Bertz CT molecular complexity index is 1920. The predicted molar refractivity (Wildman–Crippen MR) is 220 cm³/mol. The van der Waals surface area contributed by atoms with E-state index >= 15 is 0 Å². The SMILES string of the molecule is CC(C)C[C@H](NC(=O)[C@@H](NC(=O)[C@H](CC(N)=O)NC(=O)/C=C/C(=O)N[C@@H](C)C(=O)NCC(=O)N[C@@H](Cc1ccccc1)C(=O)O)c1ccccc1)C(=O)N[C@H](C(N)=O)C(C)C. The maximum Gasteiger partial charge on any atom is 0.326 e. The molecule has 0 aromatic heterocycles. The van der Waals surface area contributed by atoms with E-state index < -0.39 is 108 Å².